The van der Waals surface area contributed by atoms with Crippen LogP contribution < -0.4 is 0 Å². The lowest BCUT2D eigenvalue weighted by Gasteiger charge is -2.04. The van der Waals surface area contributed by atoms with Crippen molar-refractivity contribution < 1.29 is 5.11 Å². The monoisotopic (exact) mass is 224 g/mol. The van der Waals surface area contributed by atoms with Crippen molar-refractivity contribution in [1.29, 1.82) is 0 Å². The van der Waals surface area contributed by atoms with Crippen LogP contribution in [0.4, 0.5) is 0 Å². The standard InChI is InChI=1S/C16H16O/c1-2-14-9-6-10-15(16(14)17)12-11-13-7-4-3-5-8-13/h3-12,17H,2H2,1H3. The Kier molecular flexibility index (Phi) is 3.61. The van der Waals surface area contributed by atoms with E-state index in [9.17, 15) is 5.11 Å². The van der Waals surface area contributed by atoms with Gasteiger partial charge in [-0.15, -0.1) is 0 Å². The van der Waals surface area contributed by atoms with Crippen molar-refractivity contribution in [2.75, 3.05) is 0 Å². The molecule has 86 valence electrons. The Hall–Kier alpha value is -2.02. The van der Waals surface area contributed by atoms with Crippen LogP contribution in [0.2, 0.25) is 0 Å². The molecule has 0 amide bonds. The molecular formula is C16H16O. The van der Waals surface area contributed by atoms with Gasteiger partial charge >= 0.3 is 0 Å². The van der Waals surface area contributed by atoms with Gasteiger partial charge < -0.3 is 5.11 Å². The van der Waals surface area contributed by atoms with Gasteiger partial charge in [0.1, 0.15) is 5.75 Å². The molecule has 0 aliphatic carbocycles. The minimum atomic E-state index is 0.391. The highest BCUT2D eigenvalue weighted by atomic mass is 16.3. The molecule has 0 saturated heterocycles. The quantitative estimate of drug-likeness (QED) is 0.777. The minimum Gasteiger partial charge on any atom is -0.507 e. The van der Waals surface area contributed by atoms with E-state index in [2.05, 4.69) is 0 Å². The molecule has 2 rings (SSSR count). The molecule has 1 heteroatoms. The number of aromatic hydroxyl groups is 1. The van der Waals surface area contributed by atoms with E-state index >= 15 is 0 Å². The lowest BCUT2D eigenvalue weighted by Crippen LogP contribution is -1.83. The minimum absolute atomic E-state index is 0.391. The summed E-state index contributed by atoms with van der Waals surface area (Å²) in [6, 6.07) is 15.9. The van der Waals surface area contributed by atoms with Crippen molar-refractivity contribution >= 4 is 12.2 Å². The first-order chi connectivity index (χ1) is 8.31. The van der Waals surface area contributed by atoms with Crippen LogP contribution >= 0.6 is 0 Å². The third kappa shape index (κ3) is 2.76. The highest BCUT2D eigenvalue weighted by molar-refractivity contribution is 5.73. The first-order valence-corrected chi connectivity index (χ1v) is 5.85. The smallest absolute Gasteiger partial charge is 0.125 e. The van der Waals surface area contributed by atoms with E-state index in [0.29, 0.717) is 5.75 Å². The number of hydrogen-bond donors (Lipinski definition) is 1. The van der Waals surface area contributed by atoms with Gasteiger partial charge in [-0.25, -0.2) is 0 Å². The Balaban J connectivity index is 2.28. The Morgan fingerprint density at radius 1 is 0.941 bits per heavy atom. The zero-order valence-electron chi connectivity index (χ0n) is 9.93. The molecule has 0 spiro atoms. The molecule has 0 unspecified atom stereocenters. The molecule has 0 aromatic heterocycles. The Bertz CT molecular complexity index is 512. The number of phenolic OH excluding ortho intramolecular Hbond substituents is 1. The molecule has 0 aliphatic heterocycles. The van der Waals surface area contributed by atoms with Crippen LogP contribution in [0, 0.1) is 0 Å². The van der Waals surface area contributed by atoms with E-state index in [4.69, 9.17) is 0 Å². The average Bonchev–Trinajstić information content (AvgIpc) is 2.39. The van der Waals surface area contributed by atoms with E-state index in [1.807, 2.05) is 67.6 Å². The molecule has 0 saturated carbocycles. The molecule has 0 radical (unpaired) electrons. The van der Waals surface area contributed by atoms with Crippen LogP contribution in [0.1, 0.15) is 23.6 Å². The van der Waals surface area contributed by atoms with Crippen molar-refractivity contribution in [1.82, 2.24) is 0 Å². The molecule has 0 bridgehead atoms. The maximum Gasteiger partial charge on any atom is 0.125 e. The van der Waals surface area contributed by atoms with Crippen LogP contribution in [-0.2, 0) is 6.42 Å². The fourth-order valence-electron chi connectivity index (χ4n) is 1.78. The summed E-state index contributed by atoms with van der Waals surface area (Å²) in [6.07, 6.45) is 4.80. The van der Waals surface area contributed by atoms with Gasteiger partial charge in [0.05, 0.1) is 0 Å². The predicted molar refractivity (Wildman–Crippen MR) is 72.9 cm³/mol. The largest absolute Gasteiger partial charge is 0.507 e. The van der Waals surface area contributed by atoms with Gasteiger partial charge in [-0.05, 0) is 17.5 Å². The predicted octanol–water partition coefficient (Wildman–Crippen LogP) is 4.13. The number of para-hydroxylation sites is 1. The number of phenols is 1. The molecule has 1 nitrogen and oxygen atoms in total. The van der Waals surface area contributed by atoms with E-state index in [1.54, 1.807) is 0 Å². The molecule has 2 aromatic rings. The SMILES string of the molecule is CCc1cccc(C=Cc2ccccc2)c1O. The summed E-state index contributed by atoms with van der Waals surface area (Å²) in [4.78, 5) is 0. The van der Waals surface area contributed by atoms with Gasteiger partial charge in [0.2, 0.25) is 0 Å². The first-order valence-electron chi connectivity index (χ1n) is 5.85. The third-order valence-electron chi connectivity index (χ3n) is 2.79. The van der Waals surface area contributed by atoms with Crippen LogP contribution in [0.15, 0.2) is 48.5 Å². The van der Waals surface area contributed by atoms with E-state index < -0.39 is 0 Å². The summed E-state index contributed by atoms with van der Waals surface area (Å²) >= 11 is 0. The lowest BCUT2D eigenvalue weighted by atomic mass is 10.1. The molecule has 1 N–H and O–H groups in total. The summed E-state index contributed by atoms with van der Waals surface area (Å²) in [7, 11) is 0. The second-order valence-corrected chi connectivity index (χ2v) is 3.95. The topological polar surface area (TPSA) is 20.2 Å². The van der Waals surface area contributed by atoms with Gasteiger partial charge in [-0.2, -0.15) is 0 Å². The normalized spacial score (nSPS) is 10.9. The van der Waals surface area contributed by atoms with E-state index in [1.165, 1.54) is 0 Å². The van der Waals surface area contributed by atoms with Gasteiger partial charge in [0, 0.05) is 5.56 Å². The lowest BCUT2D eigenvalue weighted by molar-refractivity contribution is 0.467. The molecular weight excluding hydrogens is 208 g/mol. The van der Waals surface area contributed by atoms with Crippen LogP contribution in [0.5, 0.6) is 5.75 Å². The second kappa shape index (κ2) is 5.35. The van der Waals surface area contributed by atoms with Crippen molar-refractivity contribution in [3.8, 4) is 5.75 Å². The van der Waals surface area contributed by atoms with Crippen LogP contribution in [0.25, 0.3) is 12.2 Å². The molecule has 0 aliphatic rings. The zero-order chi connectivity index (χ0) is 12.1. The molecule has 0 heterocycles. The third-order valence-corrected chi connectivity index (χ3v) is 2.79. The summed E-state index contributed by atoms with van der Waals surface area (Å²) < 4.78 is 0. The Labute approximate surface area is 102 Å². The van der Waals surface area contributed by atoms with Crippen LogP contribution in [0.3, 0.4) is 0 Å². The molecule has 0 fully saturated rings. The number of hydrogen-bond acceptors (Lipinski definition) is 1. The van der Waals surface area contributed by atoms with Crippen LogP contribution in [-0.4, -0.2) is 5.11 Å². The molecule has 2 aromatic carbocycles. The number of aryl methyl sites for hydroxylation is 1. The summed E-state index contributed by atoms with van der Waals surface area (Å²) in [5.74, 6) is 0.391. The maximum absolute atomic E-state index is 10.0. The van der Waals surface area contributed by atoms with Crippen molar-refractivity contribution in [3.05, 3.63) is 65.2 Å². The van der Waals surface area contributed by atoms with Crippen molar-refractivity contribution in [2.45, 2.75) is 13.3 Å². The highest BCUT2D eigenvalue weighted by Gasteiger charge is 2.01. The summed E-state index contributed by atoms with van der Waals surface area (Å²) in [6.45, 7) is 2.04. The highest BCUT2D eigenvalue weighted by Crippen LogP contribution is 2.24. The fraction of sp³-hybridized carbons (Fsp3) is 0.125. The van der Waals surface area contributed by atoms with Crippen molar-refractivity contribution in [2.24, 2.45) is 0 Å². The second-order valence-electron chi connectivity index (χ2n) is 3.95. The fourth-order valence-corrected chi connectivity index (χ4v) is 1.78. The van der Waals surface area contributed by atoms with Gasteiger partial charge in [0.25, 0.3) is 0 Å². The van der Waals surface area contributed by atoms with E-state index in [-0.39, 0.29) is 0 Å². The number of rotatable bonds is 3. The zero-order valence-corrected chi connectivity index (χ0v) is 9.93. The first kappa shape index (κ1) is 11.5. The summed E-state index contributed by atoms with van der Waals surface area (Å²) in [5, 5.41) is 10.0. The maximum atomic E-state index is 10.0. The van der Waals surface area contributed by atoms with Gasteiger partial charge in [-0.3, -0.25) is 0 Å². The van der Waals surface area contributed by atoms with E-state index in [0.717, 1.165) is 23.1 Å². The Morgan fingerprint density at radius 3 is 2.41 bits per heavy atom. The van der Waals surface area contributed by atoms with Gasteiger partial charge in [-0.1, -0.05) is 67.6 Å². The number of benzene rings is 2. The molecule has 17 heavy (non-hydrogen) atoms. The molecule has 0 atom stereocenters. The van der Waals surface area contributed by atoms with Gasteiger partial charge in [0.15, 0.2) is 0 Å². The Morgan fingerprint density at radius 2 is 1.71 bits per heavy atom. The average molecular weight is 224 g/mol. The summed E-state index contributed by atoms with van der Waals surface area (Å²) in [5.41, 5.74) is 2.99. The van der Waals surface area contributed by atoms with Crippen molar-refractivity contribution in [3.63, 3.8) is 0 Å².